The second-order valence-electron chi connectivity index (χ2n) is 5.85. The number of benzene rings is 2. The quantitative estimate of drug-likeness (QED) is 0.267. The van der Waals surface area contributed by atoms with Crippen LogP contribution in [-0.2, 0) is 16.1 Å². The van der Waals surface area contributed by atoms with E-state index in [-0.39, 0.29) is 6.61 Å². The monoisotopic (exact) mass is 398 g/mol. The van der Waals surface area contributed by atoms with Gasteiger partial charge in [0.25, 0.3) is 0 Å². The number of thioether (sulfide) groups is 1. The number of allylic oxidation sites excluding steroid dienone is 2. The summed E-state index contributed by atoms with van der Waals surface area (Å²) in [6.45, 7) is 5.56. The second kappa shape index (κ2) is 10.9. The molecular formula is C21H22N2O4S. The van der Waals surface area contributed by atoms with Crippen molar-refractivity contribution in [3.8, 4) is 5.75 Å². The Morgan fingerprint density at radius 1 is 1.21 bits per heavy atom. The fourth-order valence-electron chi connectivity index (χ4n) is 2.39. The van der Waals surface area contributed by atoms with Crippen LogP contribution in [0.15, 0.2) is 70.2 Å². The van der Waals surface area contributed by atoms with Crippen molar-refractivity contribution >= 4 is 36.4 Å². The normalized spacial score (nSPS) is 11.3. The fraction of sp³-hybridized carbons (Fsp3) is 0.190. The van der Waals surface area contributed by atoms with Crippen LogP contribution in [-0.4, -0.2) is 36.6 Å². The van der Waals surface area contributed by atoms with Gasteiger partial charge in [-0.15, -0.1) is 11.8 Å². The molecule has 0 spiro atoms. The molecule has 0 fully saturated rings. The molecule has 146 valence electrons. The Kier molecular flexibility index (Phi) is 8.30. The first-order valence-electron chi connectivity index (χ1n) is 8.52. The number of carbonyl (C=O) groups is 2. The number of ether oxygens (including phenoxy) is 1. The number of aliphatic carboxylic acids is 1. The molecule has 0 aliphatic rings. The van der Waals surface area contributed by atoms with E-state index in [1.165, 1.54) is 11.8 Å². The van der Waals surface area contributed by atoms with Gasteiger partial charge in [-0.2, -0.15) is 0 Å². The highest BCUT2D eigenvalue weighted by atomic mass is 32.2. The van der Waals surface area contributed by atoms with Crippen LogP contribution < -0.4 is 9.64 Å². The minimum atomic E-state index is -1.02. The van der Waals surface area contributed by atoms with E-state index in [4.69, 9.17) is 9.84 Å². The smallest absolute Gasteiger partial charge is 0.341 e. The van der Waals surface area contributed by atoms with Gasteiger partial charge >= 0.3 is 5.97 Å². The van der Waals surface area contributed by atoms with Gasteiger partial charge in [-0.1, -0.05) is 30.3 Å². The van der Waals surface area contributed by atoms with Gasteiger partial charge in [0.15, 0.2) is 12.9 Å². The summed E-state index contributed by atoms with van der Waals surface area (Å²) in [5.41, 5.74) is 2.43. The van der Waals surface area contributed by atoms with Gasteiger partial charge in [-0.05, 0) is 43.5 Å². The molecule has 0 atom stereocenters. The van der Waals surface area contributed by atoms with Crippen molar-refractivity contribution in [2.24, 2.45) is 4.99 Å². The van der Waals surface area contributed by atoms with Crippen LogP contribution in [0.25, 0.3) is 0 Å². The molecule has 1 N–H and O–H groups in total. The lowest BCUT2D eigenvalue weighted by molar-refractivity contribution is -0.139. The molecule has 0 aliphatic heterocycles. The largest absolute Gasteiger partial charge is 0.482 e. The minimum Gasteiger partial charge on any atom is -0.482 e. The fourth-order valence-corrected chi connectivity index (χ4v) is 3.24. The van der Waals surface area contributed by atoms with Gasteiger partial charge in [-0.3, -0.25) is 9.79 Å². The van der Waals surface area contributed by atoms with Crippen LogP contribution in [0.2, 0.25) is 0 Å². The lowest BCUT2D eigenvalue weighted by Crippen LogP contribution is -2.22. The summed E-state index contributed by atoms with van der Waals surface area (Å²) in [4.78, 5) is 28.4. The molecule has 0 aromatic heterocycles. The zero-order chi connectivity index (χ0) is 20.4. The first-order valence-corrected chi connectivity index (χ1v) is 9.51. The average Bonchev–Trinajstić information content (AvgIpc) is 2.71. The molecule has 0 amide bonds. The number of rotatable bonds is 11. The number of nitrogens with zero attached hydrogens (tertiary/aromatic N) is 2. The molecule has 2 aromatic rings. The van der Waals surface area contributed by atoms with E-state index in [0.29, 0.717) is 30.2 Å². The van der Waals surface area contributed by atoms with Crippen molar-refractivity contribution in [1.29, 1.82) is 0 Å². The number of hydrogen-bond donors (Lipinski definition) is 1. The zero-order valence-corrected chi connectivity index (χ0v) is 16.4. The number of carbonyl (C=O) groups excluding carboxylic acids is 1. The van der Waals surface area contributed by atoms with E-state index in [1.54, 1.807) is 12.1 Å². The Hall–Kier alpha value is -3.06. The summed E-state index contributed by atoms with van der Waals surface area (Å²) in [6, 6.07) is 17.3. The van der Waals surface area contributed by atoms with Gasteiger partial charge in [0, 0.05) is 17.1 Å². The zero-order valence-electron chi connectivity index (χ0n) is 15.6. The third-order valence-electron chi connectivity index (χ3n) is 3.86. The van der Waals surface area contributed by atoms with Crippen molar-refractivity contribution in [3.63, 3.8) is 0 Å². The summed E-state index contributed by atoms with van der Waals surface area (Å²) in [6.07, 6.45) is 0.700. The van der Waals surface area contributed by atoms with Gasteiger partial charge in [0.2, 0.25) is 0 Å². The van der Waals surface area contributed by atoms with Crippen molar-refractivity contribution in [2.45, 2.75) is 13.5 Å². The molecule has 0 bridgehead atoms. The van der Waals surface area contributed by atoms with Gasteiger partial charge in [-0.25, -0.2) is 4.79 Å². The Labute approximate surface area is 168 Å². The van der Waals surface area contributed by atoms with Crippen LogP contribution >= 0.6 is 11.8 Å². The molecule has 0 aliphatic carbocycles. The molecule has 7 heteroatoms. The molecule has 0 unspecified atom stereocenters. The van der Waals surface area contributed by atoms with Crippen molar-refractivity contribution in [1.82, 2.24) is 0 Å². The SMILES string of the molecule is C=N/C(C=O)=C(/C)SCN(Cc1ccccc1)c1ccc(OCC(=O)O)cc1. The molecule has 0 saturated heterocycles. The van der Waals surface area contributed by atoms with E-state index in [9.17, 15) is 9.59 Å². The van der Waals surface area contributed by atoms with E-state index >= 15 is 0 Å². The standard InChI is InChI=1S/C21H22N2O4S/c1-16(20(13-24)22-2)28-15-23(12-17-6-4-3-5-7-17)18-8-10-19(11-9-18)27-14-21(25)26/h3-11,13H,2,12,14-15H2,1H3,(H,25,26)/b20-16-. The molecule has 2 aromatic carbocycles. The summed E-state index contributed by atoms with van der Waals surface area (Å²) in [5, 5.41) is 8.71. The van der Waals surface area contributed by atoms with Crippen molar-refractivity contribution in [3.05, 3.63) is 70.8 Å². The Bertz CT molecular complexity index is 825. The number of carboxylic acid groups (broad SMARTS) is 1. The highest BCUT2D eigenvalue weighted by Crippen LogP contribution is 2.27. The van der Waals surface area contributed by atoms with Crippen LogP contribution in [0.3, 0.4) is 0 Å². The second-order valence-corrected chi connectivity index (χ2v) is 7.01. The lowest BCUT2D eigenvalue weighted by Gasteiger charge is -2.25. The Balaban J connectivity index is 2.17. The van der Waals surface area contributed by atoms with E-state index < -0.39 is 5.97 Å². The van der Waals surface area contributed by atoms with Crippen LogP contribution in [0.4, 0.5) is 5.69 Å². The Morgan fingerprint density at radius 3 is 2.46 bits per heavy atom. The molecular weight excluding hydrogens is 376 g/mol. The number of anilines is 1. The summed E-state index contributed by atoms with van der Waals surface area (Å²) < 4.78 is 5.19. The van der Waals surface area contributed by atoms with Crippen LogP contribution in [0.5, 0.6) is 5.75 Å². The molecule has 0 radical (unpaired) electrons. The summed E-state index contributed by atoms with van der Waals surface area (Å²) in [5.74, 6) is 0.0759. The molecule has 6 nitrogen and oxygen atoms in total. The highest BCUT2D eigenvalue weighted by molar-refractivity contribution is 8.03. The minimum absolute atomic E-state index is 0.335. The predicted molar refractivity (Wildman–Crippen MR) is 113 cm³/mol. The third-order valence-corrected chi connectivity index (χ3v) is 4.94. The van der Waals surface area contributed by atoms with Crippen molar-refractivity contribution < 1.29 is 19.4 Å². The first kappa shape index (κ1) is 21.2. The first-order chi connectivity index (χ1) is 13.5. The highest BCUT2D eigenvalue weighted by Gasteiger charge is 2.10. The van der Waals surface area contributed by atoms with Gasteiger partial charge < -0.3 is 14.7 Å². The van der Waals surface area contributed by atoms with Crippen molar-refractivity contribution in [2.75, 3.05) is 17.4 Å². The maximum absolute atomic E-state index is 11.1. The summed E-state index contributed by atoms with van der Waals surface area (Å²) in [7, 11) is 0. The number of aliphatic imine (C=N–C) groups is 1. The number of hydrogen-bond acceptors (Lipinski definition) is 6. The Morgan fingerprint density at radius 2 is 1.89 bits per heavy atom. The topological polar surface area (TPSA) is 79.2 Å². The molecule has 0 saturated carbocycles. The van der Waals surface area contributed by atoms with Gasteiger partial charge in [0.1, 0.15) is 11.4 Å². The van der Waals surface area contributed by atoms with Crippen LogP contribution in [0, 0.1) is 0 Å². The van der Waals surface area contributed by atoms with E-state index in [1.807, 2.05) is 49.4 Å². The van der Waals surface area contributed by atoms with Gasteiger partial charge in [0.05, 0.1) is 5.88 Å². The predicted octanol–water partition coefficient (Wildman–Crippen LogP) is 3.98. The molecule has 2 rings (SSSR count). The number of carboxylic acids is 1. The molecule has 28 heavy (non-hydrogen) atoms. The average molecular weight is 398 g/mol. The summed E-state index contributed by atoms with van der Waals surface area (Å²) >= 11 is 1.51. The third kappa shape index (κ3) is 6.59. The van der Waals surface area contributed by atoms with E-state index in [2.05, 4.69) is 16.6 Å². The van der Waals surface area contributed by atoms with Crippen LogP contribution in [0.1, 0.15) is 12.5 Å². The maximum atomic E-state index is 11.1. The van der Waals surface area contributed by atoms with E-state index in [0.717, 1.165) is 16.2 Å². The lowest BCUT2D eigenvalue weighted by atomic mass is 10.2. The number of aldehydes is 1. The molecule has 0 heterocycles. The maximum Gasteiger partial charge on any atom is 0.341 e.